The molecule has 0 aromatic carbocycles. The predicted molar refractivity (Wildman–Crippen MR) is 73.7 cm³/mol. The molecule has 1 saturated heterocycles. The van der Waals surface area contributed by atoms with Crippen LogP contribution in [0.5, 0.6) is 0 Å². The number of likely N-dealkylation sites (tertiary alicyclic amines) is 1. The fraction of sp³-hybridized carbons (Fsp3) is 0.571. The zero-order chi connectivity index (χ0) is 13.8. The topological polar surface area (TPSA) is 68.3 Å². The number of pyridine rings is 1. The first kappa shape index (κ1) is 13.8. The molecule has 1 aliphatic rings. The number of amides is 1. The van der Waals surface area contributed by atoms with E-state index in [2.05, 4.69) is 0 Å². The van der Waals surface area contributed by atoms with E-state index in [4.69, 9.17) is 5.73 Å². The summed E-state index contributed by atoms with van der Waals surface area (Å²) in [6.07, 6.45) is 3.71. The van der Waals surface area contributed by atoms with Gasteiger partial charge in [0.25, 0.3) is 5.56 Å². The lowest BCUT2D eigenvalue weighted by atomic mass is 9.92. The maximum atomic E-state index is 12.2. The summed E-state index contributed by atoms with van der Waals surface area (Å²) in [5.41, 5.74) is 5.77. The smallest absolute Gasteiger partial charge is 0.250 e. The van der Waals surface area contributed by atoms with E-state index >= 15 is 0 Å². The molecule has 5 nitrogen and oxygen atoms in total. The number of aromatic nitrogens is 1. The molecule has 1 fully saturated rings. The number of carbonyl (C=O) groups excluding carboxylic acids is 1. The number of hydrogen-bond acceptors (Lipinski definition) is 3. The monoisotopic (exact) mass is 263 g/mol. The van der Waals surface area contributed by atoms with Gasteiger partial charge in [-0.15, -0.1) is 0 Å². The molecule has 1 amide bonds. The maximum absolute atomic E-state index is 12.2. The highest BCUT2D eigenvalue weighted by Crippen LogP contribution is 2.18. The van der Waals surface area contributed by atoms with Crippen LogP contribution >= 0.6 is 0 Å². The van der Waals surface area contributed by atoms with Crippen molar-refractivity contribution in [3.05, 3.63) is 34.7 Å². The van der Waals surface area contributed by atoms with Crippen LogP contribution in [0.3, 0.4) is 0 Å². The summed E-state index contributed by atoms with van der Waals surface area (Å²) in [5.74, 6) is 0.365. The van der Waals surface area contributed by atoms with E-state index in [1.54, 1.807) is 18.3 Å². The zero-order valence-corrected chi connectivity index (χ0v) is 11.3. The minimum absolute atomic E-state index is 0.00125. The summed E-state index contributed by atoms with van der Waals surface area (Å²) < 4.78 is 1.44. The van der Waals surface area contributed by atoms with E-state index < -0.39 is 0 Å². The summed E-state index contributed by atoms with van der Waals surface area (Å²) in [5, 5.41) is 0. The Bertz CT molecular complexity index is 495. The number of nitrogens with two attached hydrogens (primary N) is 1. The highest BCUT2D eigenvalue weighted by atomic mass is 16.2. The van der Waals surface area contributed by atoms with Gasteiger partial charge in [0, 0.05) is 31.4 Å². The summed E-state index contributed by atoms with van der Waals surface area (Å²) >= 11 is 0. The van der Waals surface area contributed by atoms with Crippen LogP contribution in [0.1, 0.15) is 19.8 Å². The van der Waals surface area contributed by atoms with Crippen molar-refractivity contribution in [1.82, 2.24) is 9.47 Å². The molecule has 104 valence electrons. The molecule has 19 heavy (non-hydrogen) atoms. The van der Waals surface area contributed by atoms with Gasteiger partial charge in [-0.2, -0.15) is 0 Å². The maximum Gasteiger partial charge on any atom is 0.250 e. The van der Waals surface area contributed by atoms with Gasteiger partial charge < -0.3 is 15.2 Å². The third-order valence-corrected chi connectivity index (χ3v) is 3.76. The Morgan fingerprint density at radius 2 is 2.32 bits per heavy atom. The van der Waals surface area contributed by atoms with Gasteiger partial charge in [0.1, 0.15) is 6.54 Å². The van der Waals surface area contributed by atoms with Crippen molar-refractivity contribution in [3.63, 3.8) is 0 Å². The van der Waals surface area contributed by atoms with Gasteiger partial charge in [-0.1, -0.05) is 6.07 Å². The summed E-state index contributed by atoms with van der Waals surface area (Å²) in [4.78, 5) is 25.6. The Morgan fingerprint density at radius 1 is 1.53 bits per heavy atom. The van der Waals surface area contributed by atoms with Gasteiger partial charge in [0.15, 0.2) is 0 Å². The van der Waals surface area contributed by atoms with Crippen LogP contribution in [0, 0.1) is 5.92 Å². The van der Waals surface area contributed by atoms with Gasteiger partial charge in [-0.25, -0.2) is 0 Å². The van der Waals surface area contributed by atoms with E-state index in [0.29, 0.717) is 12.5 Å². The molecule has 1 aromatic heterocycles. The number of nitrogens with zero attached hydrogens (tertiary/aromatic N) is 2. The lowest BCUT2D eigenvalue weighted by molar-refractivity contribution is -0.133. The molecule has 2 atom stereocenters. The van der Waals surface area contributed by atoms with E-state index in [1.165, 1.54) is 10.6 Å². The first-order valence-corrected chi connectivity index (χ1v) is 6.77. The molecule has 0 saturated carbocycles. The molecule has 0 aliphatic carbocycles. The second-order valence-corrected chi connectivity index (χ2v) is 5.27. The lowest BCUT2D eigenvalue weighted by Gasteiger charge is -2.34. The second-order valence-electron chi connectivity index (χ2n) is 5.27. The fourth-order valence-electron chi connectivity index (χ4n) is 2.50. The molecule has 2 heterocycles. The summed E-state index contributed by atoms with van der Waals surface area (Å²) in [6.45, 7) is 3.58. The second kappa shape index (κ2) is 6.02. The van der Waals surface area contributed by atoms with E-state index in [9.17, 15) is 9.59 Å². The number of hydrogen-bond donors (Lipinski definition) is 1. The molecule has 0 bridgehead atoms. The molecule has 5 heteroatoms. The van der Waals surface area contributed by atoms with Crippen molar-refractivity contribution >= 4 is 5.91 Å². The molecule has 0 radical (unpaired) electrons. The van der Waals surface area contributed by atoms with E-state index in [1.807, 2.05) is 11.8 Å². The van der Waals surface area contributed by atoms with Crippen LogP contribution in [0.2, 0.25) is 0 Å². The quantitative estimate of drug-likeness (QED) is 0.860. The highest BCUT2D eigenvalue weighted by Gasteiger charge is 2.25. The SMILES string of the molecule is CC(N)C1CCCN(C(=O)Cn2ccccc2=O)C1. The Hall–Kier alpha value is -1.62. The molecule has 1 aliphatic heterocycles. The largest absolute Gasteiger partial charge is 0.341 e. The Balaban J connectivity index is 2.00. The molecule has 2 N–H and O–H groups in total. The van der Waals surface area contributed by atoms with Crippen LogP contribution < -0.4 is 11.3 Å². The average Bonchev–Trinajstić information content (AvgIpc) is 2.41. The highest BCUT2D eigenvalue weighted by molar-refractivity contribution is 5.76. The Morgan fingerprint density at radius 3 is 3.00 bits per heavy atom. The van der Waals surface area contributed by atoms with Crippen molar-refractivity contribution in [1.29, 1.82) is 0 Å². The third-order valence-electron chi connectivity index (χ3n) is 3.76. The van der Waals surface area contributed by atoms with Crippen molar-refractivity contribution in [2.24, 2.45) is 11.7 Å². The third kappa shape index (κ3) is 3.44. The first-order valence-electron chi connectivity index (χ1n) is 6.77. The average molecular weight is 263 g/mol. The number of rotatable bonds is 3. The van der Waals surface area contributed by atoms with Gasteiger partial charge >= 0.3 is 0 Å². The number of piperidine rings is 1. The Labute approximate surface area is 113 Å². The molecule has 0 spiro atoms. The first-order chi connectivity index (χ1) is 9.08. The summed E-state index contributed by atoms with van der Waals surface area (Å²) in [7, 11) is 0. The van der Waals surface area contributed by atoms with Gasteiger partial charge in [-0.3, -0.25) is 9.59 Å². The van der Waals surface area contributed by atoms with Gasteiger partial charge in [0.05, 0.1) is 0 Å². The minimum Gasteiger partial charge on any atom is -0.341 e. The van der Waals surface area contributed by atoms with Crippen LogP contribution in [-0.4, -0.2) is 34.5 Å². The minimum atomic E-state index is -0.142. The van der Waals surface area contributed by atoms with Crippen LogP contribution in [0.4, 0.5) is 0 Å². The van der Waals surface area contributed by atoms with E-state index in [-0.39, 0.29) is 24.1 Å². The summed E-state index contributed by atoms with van der Waals surface area (Å²) in [6, 6.07) is 5.01. The van der Waals surface area contributed by atoms with Crippen LogP contribution in [0.25, 0.3) is 0 Å². The predicted octanol–water partition coefficient (Wildman–Crippen LogP) is 0.434. The standard InChI is InChI=1S/C14H21N3O2/c1-11(15)12-5-4-8-16(9-12)14(19)10-17-7-3-2-6-13(17)18/h2-3,6-7,11-12H,4-5,8-10,15H2,1H3. The van der Waals surface area contributed by atoms with Crippen LogP contribution in [0.15, 0.2) is 29.2 Å². The molecular formula is C14H21N3O2. The van der Waals surface area contributed by atoms with Gasteiger partial charge in [-0.05, 0) is 31.7 Å². The van der Waals surface area contributed by atoms with Crippen LogP contribution in [-0.2, 0) is 11.3 Å². The van der Waals surface area contributed by atoms with Crippen molar-refractivity contribution in [2.75, 3.05) is 13.1 Å². The zero-order valence-electron chi connectivity index (χ0n) is 11.3. The normalized spacial score (nSPS) is 21.2. The molecular weight excluding hydrogens is 242 g/mol. The lowest BCUT2D eigenvalue weighted by Crippen LogP contribution is -2.46. The van der Waals surface area contributed by atoms with Crippen molar-refractivity contribution in [2.45, 2.75) is 32.4 Å². The fourth-order valence-corrected chi connectivity index (χ4v) is 2.50. The Kier molecular flexibility index (Phi) is 4.37. The van der Waals surface area contributed by atoms with E-state index in [0.717, 1.165) is 19.4 Å². The molecule has 1 aromatic rings. The molecule has 2 unspecified atom stereocenters. The van der Waals surface area contributed by atoms with Crippen molar-refractivity contribution < 1.29 is 4.79 Å². The van der Waals surface area contributed by atoms with Gasteiger partial charge in [0.2, 0.25) is 5.91 Å². The number of carbonyl (C=O) groups is 1. The molecule has 2 rings (SSSR count). The van der Waals surface area contributed by atoms with Crippen molar-refractivity contribution in [3.8, 4) is 0 Å².